The van der Waals surface area contributed by atoms with Crippen molar-refractivity contribution in [3.63, 3.8) is 0 Å². The third-order valence-electron chi connectivity index (χ3n) is 5.15. The van der Waals surface area contributed by atoms with Crippen molar-refractivity contribution in [3.8, 4) is 23.3 Å². The van der Waals surface area contributed by atoms with Crippen LogP contribution in [0, 0.1) is 11.3 Å². The lowest BCUT2D eigenvalue weighted by atomic mass is 10.0. The molecular weight excluding hydrogens is 474 g/mol. The van der Waals surface area contributed by atoms with Gasteiger partial charge in [-0.3, -0.25) is 9.59 Å². The number of likely N-dealkylation sites (tertiary alicyclic amines) is 1. The van der Waals surface area contributed by atoms with Crippen LogP contribution in [0.5, 0.6) is 17.2 Å². The van der Waals surface area contributed by atoms with E-state index in [1.807, 2.05) is 0 Å². The minimum Gasteiger partial charge on any atom is -0.486 e. The first-order chi connectivity index (χ1) is 16.6. The van der Waals surface area contributed by atoms with E-state index in [-0.39, 0.29) is 49.6 Å². The number of nitriles is 1. The molecule has 0 aromatic heterocycles. The van der Waals surface area contributed by atoms with E-state index in [0.717, 1.165) is 12.1 Å². The molecule has 12 heteroatoms. The van der Waals surface area contributed by atoms with Crippen molar-refractivity contribution in [1.82, 2.24) is 4.90 Å². The predicted molar refractivity (Wildman–Crippen MR) is 113 cm³/mol. The molecule has 1 fully saturated rings. The largest absolute Gasteiger partial charge is 0.573 e. The Balaban J connectivity index is 1.60. The molecule has 1 aliphatic heterocycles. The second kappa shape index (κ2) is 10.9. The van der Waals surface area contributed by atoms with Crippen LogP contribution in [0.15, 0.2) is 42.5 Å². The summed E-state index contributed by atoms with van der Waals surface area (Å²) in [7, 11) is 0. The van der Waals surface area contributed by atoms with Crippen molar-refractivity contribution in [2.45, 2.75) is 31.5 Å². The SMILES string of the molecule is N#CCOc1ccc(C(N)=O)c(O[C@@H]2CCN(C(=O)Cc3ccc(OC(F)(F)F)cc3)CC2F)c1. The first kappa shape index (κ1) is 25.6. The second-order valence-electron chi connectivity index (χ2n) is 7.64. The molecule has 1 unspecified atom stereocenters. The van der Waals surface area contributed by atoms with Crippen LogP contribution < -0.4 is 19.9 Å². The van der Waals surface area contributed by atoms with Gasteiger partial charge in [-0.1, -0.05) is 12.1 Å². The lowest BCUT2D eigenvalue weighted by Crippen LogP contribution is -2.49. The third kappa shape index (κ3) is 7.23. The van der Waals surface area contributed by atoms with E-state index >= 15 is 0 Å². The number of benzene rings is 2. The molecule has 186 valence electrons. The van der Waals surface area contributed by atoms with Gasteiger partial charge in [0.25, 0.3) is 5.91 Å². The zero-order valence-corrected chi connectivity index (χ0v) is 18.3. The van der Waals surface area contributed by atoms with Gasteiger partial charge in [-0.05, 0) is 29.8 Å². The number of amides is 2. The van der Waals surface area contributed by atoms with Crippen molar-refractivity contribution in [3.05, 3.63) is 53.6 Å². The highest BCUT2D eigenvalue weighted by atomic mass is 19.4. The molecule has 2 aromatic carbocycles. The normalized spacial score (nSPS) is 17.9. The lowest BCUT2D eigenvalue weighted by Gasteiger charge is -2.35. The number of carbonyl (C=O) groups excluding carboxylic acids is 2. The van der Waals surface area contributed by atoms with Crippen molar-refractivity contribution < 1.29 is 41.4 Å². The van der Waals surface area contributed by atoms with Crippen LogP contribution in [-0.2, 0) is 11.2 Å². The molecule has 2 atom stereocenters. The summed E-state index contributed by atoms with van der Waals surface area (Å²) in [5.74, 6) is -1.36. The van der Waals surface area contributed by atoms with Gasteiger partial charge in [0.05, 0.1) is 18.5 Å². The van der Waals surface area contributed by atoms with Crippen LogP contribution in [0.4, 0.5) is 17.6 Å². The molecule has 2 aromatic rings. The fourth-order valence-electron chi connectivity index (χ4n) is 3.51. The van der Waals surface area contributed by atoms with Crippen LogP contribution >= 0.6 is 0 Å². The smallest absolute Gasteiger partial charge is 0.486 e. The highest BCUT2D eigenvalue weighted by Gasteiger charge is 2.34. The van der Waals surface area contributed by atoms with Gasteiger partial charge in [0.2, 0.25) is 5.91 Å². The molecule has 2 N–H and O–H groups in total. The molecule has 0 aliphatic carbocycles. The van der Waals surface area contributed by atoms with Crippen molar-refractivity contribution >= 4 is 11.8 Å². The summed E-state index contributed by atoms with van der Waals surface area (Å²) in [6.45, 7) is -0.343. The van der Waals surface area contributed by atoms with Crippen LogP contribution in [-0.4, -0.2) is 55.0 Å². The van der Waals surface area contributed by atoms with Crippen molar-refractivity contribution in [2.75, 3.05) is 19.7 Å². The molecule has 2 amide bonds. The number of nitrogens with two attached hydrogens (primary N) is 1. The first-order valence-electron chi connectivity index (χ1n) is 10.4. The standard InChI is InChI=1S/C23H21F4N3O5/c24-18-13-30(21(31)11-14-1-3-15(4-2-14)35-23(25,26)27)9-7-19(18)34-20-12-16(33-10-8-28)5-6-17(20)22(29)32/h1-6,12,18-19H,7,9-11,13H2,(H2,29,32)/t18?,19-/m1/s1. The maximum absolute atomic E-state index is 14.9. The van der Waals surface area contributed by atoms with Gasteiger partial charge in [-0.25, -0.2) is 4.39 Å². The Morgan fingerprint density at radius 1 is 1.14 bits per heavy atom. The summed E-state index contributed by atoms with van der Waals surface area (Å²) in [6.07, 6.45) is -7.38. The number of carbonyl (C=O) groups is 2. The zero-order valence-electron chi connectivity index (χ0n) is 18.3. The number of piperidine rings is 1. The van der Waals surface area contributed by atoms with Crippen LogP contribution in [0.3, 0.4) is 0 Å². The van der Waals surface area contributed by atoms with Gasteiger partial charge in [0, 0.05) is 19.0 Å². The fraction of sp³-hybridized carbons (Fsp3) is 0.348. The van der Waals surface area contributed by atoms with Crippen molar-refractivity contribution in [2.24, 2.45) is 5.73 Å². The maximum Gasteiger partial charge on any atom is 0.573 e. The first-order valence-corrected chi connectivity index (χ1v) is 10.4. The number of rotatable bonds is 8. The van der Waals surface area contributed by atoms with Gasteiger partial charge in [0.1, 0.15) is 29.4 Å². The average molecular weight is 495 g/mol. The number of hydrogen-bond donors (Lipinski definition) is 1. The lowest BCUT2D eigenvalue weighted by molar-refractivity contribution is -0.274. The Bertz CT molecular complexity index is 1100. The van der Waals surface area contributed by atoms with E-state index in [1.165, 1.54) is 35.2 Å². The van der Waals surface area contributed by atoms with Crippen LogP contribution in [0.2, 0.25) is 0 Å². The van der Waals surface area contributed by atoms with Gasteiger partial charge >= 0.3 is 6.36 Å². The summed E-state index contributed by atoms with van der Waals surface area (Å²) in [4.78, 5) is 25.6. The Morgan fingerprint density at radius 2 is 1.83 bits per heavy atom. The highest BCUT2D eigenvalue weighted by Crippen LogP contribution is 2.29. The Labute approximate surface area is 197 Å². The number of alkyl halides is 4. The van der Waals surface area contributed by atoms with E-state index in [1.54, 1.807) is 6.07 Å². The molecule has 0 radical (unpaired) electrons. The van der Waals surface area contributed by atoms with Gasteiger partial charge in [-0.2, -0.15) is 5.26 Å². The van der Waals surface area contributed by atoms with E-state index in [9.17, 15) is 27.2 Å². The maximum atomic E-state index is 14.9. The second-order valence-corrected chi connectivity index (χ2v) is 7.64. The number of primary amides is 1. The minimum atomic E-state index is -4.82. The molecule has 1 saturated heterocycles. The molecular formula is C23H21F4N3O5. The number of nitrogens with zero attached hydrogens (tertiary/aromatic N) is 2. The van der Waals surface area contributed by atoms with Crippen molar-refractivity contribution in [1.29, 1.82) is 5.26 Å². The monoisotopic (exact) mass is 495 g/mol. The highest BCUT2D eigenvalue weighted by molar-refractivity contribution is 5.95. The predicted octanol–water partition coefficient (Wildman–Crippen LogP) is 3.15. The van der Waals surface area contributed by atoms with Gasteiger partial charge in [0.15, 0.2) is 12.8 Å². The molecule has 0 spiro atoms. The minimum absolute atomic E-state index is 0.00142. The van der Waals surface area contributed by atoms with E-state index < -0.39 is 36.2 Å². The summed E-state index contributed by atoms with van der Waals surface area (Å²) in [5.41, 5.74) is 5.81. The van der Waals surface area contributed by atoms with Crippen LogP contribution in [0.1, 0.15) is 22.3 Å². The zero-order chi connectivity index (χ0) is 25.6. The van der Waals surface area contributed by atoms with Gasteiger partial charge < -0.3 is 24.8 Å². The summed E-state index contributed by atoms with van der Waals surface area (Å²) < 4.78 is 66.4. The molecule has 0 bridgehead atoms. The Kier molecular flexibility index (Phi) is 8.01. The van der Waals surface area contributed by atoms with E-state index in [0.29, 0.717) is 5.56 Å². The van der Waals surface area contributed by atoms with E-state index in [4.69, 9.17) is 20.5 Å². The quantitative estimate of drug-likeness (QED) is 0.563. The molecule has 3 rings (SSSR count). The van der Waals surface area contributed by atoms with E-state index in [2.05, 4.69) is 4.74 Å². The van der Waals surface area contributed by atoms with Gasteiger partial charge in [-0.15, -0.1) is 13.2 Å². The molecule has 35 heavy (non-hydrogen) atoms. The fourth-order valence-corrected chi connectivity index (χ4v) is 3.51. The molecule has 8 nitrogen and oxygen atoms in total. The molecule has 1 heterocycles. The Morgan fingerprint density at radius 3 is 2.43 bits per heavy atom. The number of halogens is 4. The van der Waals surface area contributed by atoms with Crippen LogP contribution in [0.25, 0.3) is 0 Å². The topological polar surface area (TPSA) is 115 Å². The molecule has 1 aliphatic rings. The average Bonchev–Trinajstić information content (AvgIpc) is 2.79. The summed E-state index contributed by atoms with van der Waals surface area (Å²) >= 11 is 0. The summed E-state index contributed by atoms with van der Waals surface area (Å²) in [6, 6.07) is 10.8. The third-order valence-corrected chi connectivity index (χ3v) is 5.15. The Hall–Kier alpha value is -4.01. The number of ether oxygens (including phenoxy) is 3. The number of hydrogen-bond acceptors (Lipinski definition) is 6. The molecule has 0 saturated carbocycles. The summed E-state index contributed by atoms with van der Waals surface area (Å²) in [5, 5.41) is 8.64.